The van der Waals surface area contributed by atoms with Crippen molar-refractivity contribution in [2.75, 3.05) is 0 Å². The zero-order chi connectivity index (χ0) is 14.9. The molecule has 0 amide bonds. The second kappa shape index (κ2) is 5.29. The van der Waals surface area contributed by atoms with E-state index < -0.39 is 22.3 Å². The molecule has 1 heterocycles. The number of nitro groups is 1. The predicted molar refractivity (Wildman–Crippen MR) is 67.3 cm³/mol. The third kappa shape index (κ3) is 2.77. The predicted octanol–water partition coefficient (Wildman–Crippen LogP) is 2.32. The summed E-state index contributed by atoms with van der Waals surface area (Å²) in [5.74, 6) is -2.27. The maximum atomic E-state index is 13.3. The number of carbonyl (C=O) groups is 1. The van der Waals surface area contributed by atoms with Crippen LogP contribution in [0, 0.1) is 15.9 Å². The third-order valence-electron chi connectivity index (χ3n) is 2.36. The van der Waals surface area contributed by atoms with Crippen molar-refractivity contribution in [3.8, 4) is 0 Å². The number of rotatable bonds is 4. The standard InChI is InChI=1S/C11H8FN3O4S/c1-14-5-9(15(18)19)10(13-14)20-6-2-3-8(12)7(4-6)11(16)17/h2-5H,1H3,(H,16,17). The Morgan fingerprint density at radius 1 is 1.55 bits per heavy atom. The molecule has 2 aromatic rings. The number of aromatic carboxylic acids is 1. The molecule has 0 bridgehead atoms. The number of aryl methyl sites for hydroxylation is 1. The van der Waals surface area contributed by atoms with Crippen LogP contribution in [0.5, 0.6) is 0 Å². The molecule has 0 aliphatic heterocycles. The first-order chi connectivity index (χ1) is 9.38. The van der Waals surface area contributed by atoms with Gasteiger partial charge in [-0.2, -0.15) is 5.10 Å². The van der Waals surface area contributed by atoms with Gasteiger partial charge in [-0.25, -0.2) is 9.18 Å². The zero-order valence-electron chi connectivity index (χ0n) is 10.1. The van der Waals surface area contributed by atoms with Crippen LogP contribution in [0.25, 0.3) is 0 Å². The van der Waals surface area contributed by atoms with E-state index in [1.54, 1.807) is 0 Å². The largest absolute Gasteiger partial charge is 0.478 e. The molecule has 2 rings (SSSR count). The molecule has 1 aromatic carbocycles. The van der Waals surface area contributed by atoms with Crippen LogP contribution in [0.3, 0.4) is 0 Å². The molecule has 0 aliphatic rings. The van der Waals surface area contributed by atoms with Gasteiger partial charge >= 0.3 is 11.7 Å². The summed E-state index contributed by atoms with van der Waals surface area (Å²) in [5.41, 5.74) is -0.688. The van der Waals surface area contributed by atoms with Crippen molar-refractivity contribution < 1.29 is 19.2 Å². The van der Waals surface area contributed by atoms with Gasteiger partial charge in [0.15, 0.2) is 0 Å². The van der Waals surface area contributed by atoms with Crippen LogP contribution in [-0.2, 0) is 7.05 Å². The molecule has 7 nitrogen and oxygen atoms in total. The minimum Gasteiger partial charge on any atom is -0.478 e. The topological polar surface area (TPSA) is 98.3 Å². The highest BCUT2D eigenvalue weighted by Crippen LogP contribution is 2.33. The molecule has 104 valence electrons. The second-order valence-corrected chi connectivity index (χ2v) is 4.86. The lowest BCUT2D eigenvalue weighted by Gasteiger charge is -2.01. The lowest BCUT2D eigenvalue weighted by molar-refractivity contribution is -0.387. The number of nitrogens with zero attached hydrogens (tertiary/aromatic N) is 3. The normalized spacial score (nSPS) is 10.5. The van der Waals surface area contributed by atoms with Gasteiger partial charge in [0, 0.05) is 11.9 Å². The number of hydrogen-bond donors (Lipinski definition) is 1. The van der Waals surface area contributed by atoms with Crippen molar-refractivity contribution in [2.24, 2.45) is 7.05 Å². The van der Waals surface area contributed by atoms with Crippen molar-refractivity contribution >= 4 is 23.4 Å². The van der Waals surface area contributed by atoms with Gasteiger partial charge in [-0.3, -0.25) is 14.8 Å². The van der Waals surface area contributed by atoms with E-state index in [0.29, 0.717) is 4.90 Å². The highest BCUT2D eigenvalue weighted by molar-refractivity contribution is 7.99. The molecule has 0 fully saturated rings. The molecule has 20 heavy (non-hydrogen) atoms. The monoisotopic (exact) mass is 297 g/mol. The molecular weight excluding hydrogens is 289 g/mol. The van der Waals surface area contributed by atoms with Crippen LogP contribution in [0.1, 0.15) is 10.4 Å². The van der Waals surface area contributed by atoms with Crippen LogP contribution in [-0.4, -0.2) is 25.8 Å². The molecule has 0 spiro atoms. The van der Waals surface area contributed by atoms with Crippen molar-refractivity contribution in [3.05, 3.63) is 45.9 Å². The summed E-state index contributed by atoms with van der Waals surface area (Å²) >= 11 is 0.900. The van der Waals surface area contributed by atoms with Crippen molar-refractivity contribution in [1.29, 1.82) is 0 Å². The molecule has 0 saturated heterocycles. The average molecular weight is 297 g/mol. The quantitative estimate of drug-likeness (QED) is 0.687. The van der Waals surface area contributed by atoms with Crippen LogP contribution in [0.15, 0.2) is 34.3 Å². The average Bonchev–Trinajstić information content (AvgIpc) is 2.72. The lowest BCUT2D eigenvalue weighted by atomic mass is 10.2. The van der Waals surface area contributed by atoms with Gasteiger partial charge in [-0.15, -0.1) is 0 Å². The van der Waals surface area contributed by atoms with Crippen molar-refractivity contribution in [2.45, 2.75) is 9.92 Å². The Morgan fingerprint density at radius 2 is 2.25 bits per heavy atom. The van der Waals surface area contributed by atoms with Gasteiger partial charge in [-0.1, -0.05) is 11.8 Å². The summed E-state index contributed by atoms with van der Waals surface area (Å²) in [4.78, 5) is 21.4. The third-order valence-corrected chi connectivity index (χ3v) is 3.33. The van der Waals surface area contributed by atoms with Crippen LogP contribution in [0.4, 0.5) is 10.1 Å². The van der Waals surface area contributed by atoms with E-state index in [1.807, 2.05) is 0 Å². The molecule has 9 heteroatoms. The maximum absolute atomic E-state index is 13.3. The fraction of sp³-hybridized carbons (Fsp3) is 0.0909. The van der Waals surface area contributed by atoms with Gasteiger partial charge in [0.2, 0.25) is 5.03 Å². The molecule has 1 aromatic heterocycles. The fourth-order valence-corrected chi connectivity index (χ4v) is 2.43. The van der Waals surface area contributed by atoms with E-state index in [4.69, 9.17) is 5.11 Å². The Kier molecular flexibility index (Phi) is 3.70. The number of carboxylic acid groups (broad SMARTS) is 1. The molecule has 1 N–H and O–H groups in total. The van der Waals surface area contributed by atoms with Gasteiger partial charge in [-0.05, 0) is 18.2 Å². The second-order valence-electron chi connectivity index (χ2n) is 3.80. The number of benzene rings is 1. The summed E-state index contributed by atoms with van der Waals surface area (Å²) in [6.07, 6.45) is 1.24. The molecule has 0 atom stereocenters. The summed E-state index contributed by atoms with van der Waals surface area (Å²) in [6.45, 7) is 0. The summed E-state index contributed by atoms with van der Waals surface area (Å²) in [5, 5.41) is 23.7. The van der Waals surface area contributed by atoms with E-state index in [-0.39, 0.29) is 10.7 Å². The van der Waals surface area contributed by atoms with Crippen molar-refractivity contribution in [1.82, 2.24) is 9.78 Å². The number of hydrogen-bond acceptors (Lipinski definition) is 5. The Balaban J connectivity index is 2.38. The molecule has 0 aliphatic carbocycles. The molecule has 0 radical (unpaired) electrons. The van der Waals surface area contributed by atoms with Gasteiger partial charge in [0.05, 0.1) is 10.5 Å². The zero-order valence-corrected chi connectivity index (χ0v) is 10.9. The fourth-order valence-electron chi connectivity index (χ4n) is 1.50. The smallest absolute Gasteiger partial charge is 0.338 e. The first-order valence-corrected chi connectivity index (χ1v) is 6.09. The molecule has 0 saturated carbocycles. The van der Waals surface area contributed by atoms with Crippen LogP contribution < -0.4 is 0 Å². The number of aromatic nitrogens is 2. The van der Waals surface area contributed by atoms with E-state index in [9.17, 15) is 19.3 Å². The van der Waals surface area contributed by atoms with Crippen LogP contribution >= 0.6 is 11.8 Å². The van der Waals surface area contributed by atoms with E-state index in [1.165, 1.54) is 24.0 Å². The van der Waals surface area contributed by atoms with Gasteiger partial charge in [0.1, 0.15) is 12.0 Å². The Morgan fingerprint density at radius 3 is 2.85 bits per heavy atom. The van der Waals surface area contributed by atoms with Gasteiger partial charge < -0.3 is 5.11 Å². The first kappa shape index (κ1) is 14.0. The first-order valence-electron chi connectivity index (χ1n) is 5.27. The number of halogens is 1. The van der Waals surface area contributed by atoms with Gasteiger partial charge in [0.25, 0.3) is 0 Å². The molecule has 0 unspecified atom stereocenters. The van der Waals surface area contributed by atoms with E-state index >= 15 is 0 Å². The SMILES string of the molecule is Cn1cc([N+](=O)[O-])c(Sc2ccc(F)c(C(=O)O)c2)n1. The summed E-state index contributed by atoms with van der Waals surface area (Å²) in [7, 11) is 1.53. The molecular formula is C11H8FN3O4S. The van der Waals surface area contributed by atoms with E-state index in [0.717, 1.165) is 23.9 Å². The minimum absolute atomic E-state index is 0.112. The summed E-state index contributed by atoms with van der Waals surface area (Å²) in [6, 6.07) is 3.45. The highest BCUT2D eigenvalue weighted by atomic mass is 32.2. The minimum atomic E-state index is -1.40. The Bertz CT molecular complexity index is 701. The Labute approximate surface area is 116 Å². The summed E-state index contributed by atoms with van der Waals surface area (Å²) < 4.78 is 14.5. The van der Waals surface area contributed by atoms with Crippen LogP contribution in [0.2, 0.25) is 0 Å². The number of carboxylic acids is 1. The maximum Gasteiger partial charge on any atom is 0.338 e. The van der Waals surface area contributed by atoms with E-state index in [2.05, 4.69) is 5.10 Å². The van der Waals surface area contributed by atoms with Crippen molar-refractivity contribution in [3.63, 3.8) is 0 Å². The lowest BCUT2D eigenvalue weighted by Crippen LogP contribution is -2.00. The highest BCUT2D eigenvalue weighted by Gasteiger charge is 2.20. The Hall–Kier alpha value is -2.42.